The number of carboxylic acids is 2. The van der Waals surface area contributed by atoms with E-state index in [1.807, 2.05) is 32.0 Å². The number of benzene rings is 2. The van der Waals surface area contributed by atoms with Gasteiger partial charge in [-0.3, -0.25) is 9.59 Å². The summed E-state index contributed by atoms with van der Waals surface area (Å²) in [6.45, 7) is 3.77. The lowest BCUT2D eigenvalue weighted by molar-refractivity contribution is -0.142. The third-order valence-corrected chi connectivity index (χ3v) is 5.80. The Morgan fingerprint density at radius 2 is 1.52 bits per heavy atom. The lowest BCUT2D eigenvalue weighted by Gasteiger charge is -2.20. The summed E-state index contributed by atoms with van der Waals surface area (Å²) in [5.41, 5.74) is 6.81. The van der Waals surface area contributed by atoms with Crippen molar-refractivity contribution in [1.29, 1.82) is 0 Å². The average molecular weight is 366 g/mol. The van der Waals surface area contributed by atoms with Gasteiger partial charge in [0, 0.05) is 0 Å². The topological polar surface area (TPSA) is 74.6 Å². The molecular formula is C23H26O4. The van der Waals surface area contributed by atoms with Crippen molar-refractivity contribution in [3.05, 3.63) is 58.7 Å². The molecule has 0 fully saturated rings. The van der Waals surface area contributed by atoms with Crippen molar-refractivity contribution in [2.45, 2.75) is 46.0 Å². The molecule has 0 amide bonds. The maximum absolute atomic E-state index is 11.7. The summed E-state index contributed by atoms with van der Waals surface area (Å²) >= 11 is 0. The fraction of sp³-hybridized carbons (Fsp3) is 0.391. The van der Waals surface area contributed by atoms with Gasteiger partial charge in [0.05, 0.1) is 11.8 Å². The van der Waals surface area contributed by atoms with Gasteiger partial charge in [0.25, 0.3) is 0 Å². The molecule has 0 bridgehead atoms. The van der Waals surface area contributed by atoms with E-state index in [0.29, 0.717) is 25.7 Å². The van der Waals surface area contributed by atoms with E-state index in [9.17, 15) is 19.8 Å². The van der Waals surface area contributed by atoms with E-state index in [2.05, 4.69) is 18.2 Å². The zero-order valence-electron chi connectivity index (χ0n) is 15.9. The first kappa shape index (κ1) is 19.2. The van der Waals surface area contributed by atoms with Crippen LogP contribution in [0.4, 0.5) is 0 Å². The van der Waals surface area contributed by atoms with Crippen LogP contribution in [0.25, 0.3) is 11.1 Å². The molecule has 0 saturated heterocycles. The molecular weight excluding hydrogens is 340 g/mol. The minimum atomic E-state index is -0.794. The number of aliphatic carboxylic acids is 2. The molecule has 4 heteroatoms. The SMILES string of the molecule is CCC(Cc1ccc2c(c1CC(CC)C(=O)O)Cc1ccccc1-2)C(=O)O. The third-order valence-electron chi connectivity index (χ3n) is 5.80. The van der Waals surface area contributed by atoms with E-state index in [4.69, 9.17) is 0 Å². The number of carbonyl (C=O) groups is 2. The number of hydrogen-bond donors (Lipinski definition) is 2. The van der Waals surface area contributed by atoms with Gasteiger partial charge in [-0.2, -0.15) is 0 Å². The molecule has 2 N–H and O–H groups in total. The van der Waals surface area contributed by atoms with Crippen LogP contribution in [-0.4, -0.2) is 22.2 Å². The van der Waals surface area contributed by atoms with Crippen LogP contribution in [0.3, 0.4) is 0 Å². The molecule has 2 atom stereocenters. The van der Waals surface area contributed by atoms with Crippen molar-refractivity contribution in [1.82, 2.24) is 0 Å². The summed E-state index contributed by atoms with van der Waals surface area (Å²) in [6, 6.07) is 12.3. The summed E-state index contributed by atoms with van der Waals surface area (Å²) in [7, 11) is 0. The molecule has 0 spiro atoms. The molecule has 0 aromatic heterocycles. The molecule has 1 aliphatic carbocycles. The fourth-order valence-corrected chi connectivity index (χ4v) is 4.09. The summed E-state index contributed by atoms with van der Waals surface area (Å²) in [4.78, 5) is 23.2. The van der Waals surface area contributed by atoms with E-state index in [-0.39, 0.29) is 0 Å². The molecule has 0 saturated carbocycles. The molecule has 0 aliphatic heterocycles. The maximum Gasteiger partial charge on any atom is 0.306 e. The van der Waals surface area contributed by atoms with Crippen molar-refractivity contribution >= 4 is 11.9 Å². The van der Waals surface area contributed by atoms with Crippen LogP contribution in [0.2, 0.25) is 0 Å². The normalized spacial score (nSPS) is 14.3. The van der Waals surface area contributed by atoms with Crippen molar-refractivity contribution in [2.24, 2.45) is 11.8 Å². The van der Waals surface area contributed by atoms with Gasteiger partial charge in [-0.05, 0) is 65.5 Å². The van der Waals surface area contributed by atoms with E-state index in [0.717, 1.165) is 23.1 Å². The number of carboxylic acid groups (broad SMARTS) is 2. The van der Waals surface area contributed by atoms with E-state index in [1.165, 1.54) is 16.7 Å². The molecule has 0 radical (unpaired) electrons. The first-order valence-corrected chi connectivity index (χ1v) is 9.63. The van der Waals surface area contributed by atoms with Crippen molar-refractivity contribution in [2.75, 3.05) is 0 Å². The minimum Gasteiger partial charge on any atom is -0.481 e. The van der Waals surface area contributed by atoms with Crippen LogP contribution in [0, 0.1) is 11.8 Å². The second-order valence-corrected chi connectivity index (χ2v) is 7.36. The molecule has 4 nitrogen and oxygen atoms in total. The smallest absolute Gasteiger partial charge is 0.306 e. The lowest BCUT2D eigenvalue weighted by atomic mass is 9.84. The van der Waals surface area contributed by atoms with Crippen LogP contribution in [-0.2, 0) is 28.9 Å². The quantitative estimate of drug-likeness (QED) is 0.613. The Hall–Kier alpha value is -2.62. The highest BCUT2D eigenvalue weighted by atomic mass is 16.4. The highest BCUT2D eigenvalue weighted by Crippen LogP contribution is 2.40. The number of fused-ring (bicyclic) bond motifs is 3. The van der Waals surface area contributed by atoms with Crippen molar-refractivity contribution in [3.8, 4) is 11.1 Å². The van der Waals surface area contributed by atoms with Gasteiger partial charge in [-0.25, -0.2) is 0 Å². The zero-order valence-corrected chi connectivity index (χ0v) is 15.9. The van der Waals surface area contributed by atoms with Gasteiger partial charge >= 0.3 is 11.9 Å². The molecule has 2 aromatic carbocycles. The molecule has 27 heavy (non-hydrogen) atoms. The number of rotatable bonds is 8. The zero-order chi connectivity index (χ0) is 19.6. The Morgan fingerprint density at radius 1 is 0.889 bits per heavy atom. The van der Waals surface area contributed by atoms with Crippen LogP contribution < -0.4 is 0 Å². The van der Waals surface area contributed by atoms with Gasteiger partial charge in [-0.1, -0.05) is 50.2 Å². The summed E-state index contributed by atoms with van der Waals surface area (Å²) < 4.78 is 0. The molecule has 3 rings (SSSR count). The Balaban J connectivity index is 2.07. The molecule has 2 unspecified atom stereocenters. The lowest BCUT2D eigenvalue weighted by Crippen LogP contribution is -2.20. The van der Waals surface area contributed by atoms with Gasteiger partial charge in [0.2, 0.25) is 0 Å². The van der Waals surface area contributed by atoms with Crippen LogP contribution >= 0.6 is 0 Å². The fourth-order valence-electron chi connectivity index (χ4n) is 4.09. The largest absolute Gasteiger partial charge is 0.481 e. The van der Waals surface area contributed by atoms with E-state index in [1.54, 1.807) is 0 Å². The van der Waals surface area contributed by atoms with E-state index < -0.39 is 23.8 Å². The molecule has 1 aliphatic rings. The minimum absolute atomic E-state index is 0.445. The van der Waals surface area contributed by atoms with Gasteiger partial charge in [-0.15, -0.1) is 0 Å². The second kappa shape index (κ2) is 7.95. The highest BCUT2D eigenvalue weighted by Gasteiger charge is 2.27. The summed E-state index contributed by atoms with van der Waals surface area (Å²) in [5.74, 6) is -2.49. The Bertz CT molecular complexity index is 869. The maximum atomic E-state index is 11.7. The monoisotopic (exact) mass is 366 g/mol. The van der Waals surface area contributed by atoms with Gasteiger partial charge < -0.3 is 10.2 Å². The Labute approximate surface area is 159 Å². The average Bonchev–Trinajstić information content (AvgIpc) is 3.03. The van der Waals surface area contributed by atoms with E-state index >= 15 is 0 Å². The van der Waals surface area contributed by atoms with Crippen molar-refractivity contribution < 1.29 is 19.8 Å². The van der Waals surface area contributed by atoms with Crippen molar-refractivity contribution in [3.63, 3.8) is 0 Å². The summed E-state index contributed by atoms with van der Waals surface area (Å²) in [6.07, 6.45) is 2.80. The summed E-state index contributed by atoms with van der Waals surface area (Å²) in [5, 5.41) is 19.1. The predicted molar refractivity (Wildman–Crippen MR) is 105 cm³/mol. The Kier molecular flexibility index (Phi) is 5.64. The number of hydrogen-bond acceptors (Lipinski definition) is 2. The first-order valence-electron chi connectivity index (χ1n) is 9.63. The Morgan fingerprint density at radius 3 is 2.15 bits per heavy atom. The standard InChI is InChI=1S/C23H26O4/c1-3-14(22(24)25)11-17-9-10-19-18-8-6-5-7-16(18)13-21(19)20(17)12-15(4-2)23(26)27/h5-10,14-15H,3-4,11-13H2,1-2H3,(H,24,25)(H,26,27). The van der Waals surface area contributed by atoms with Crippen LogP contribution in [0.5, 0.6) is 0 Å². The second-order valence-electron chi connectivity index (χ2n) is 7.36. The predicted octanol–water partition coefficient (Wildman–Crippen LogP) is 4.56. The molecule has 142 valence electrons. The van der Waals surface area contributed by atoms with Gasteiger partial charge in [0.15, 0.2) is 0 Å². The van der Waals surface area contributed by atoms with Crippen LogP contribution in [0.15, 0.2) is 36.4 Å². The first-order chi connectivity index (χ1) is 13.0. The molecule has 0 heterocycles. The highest BCUT2D eigenvalue weighted by molar-refractivity contribution is 5.79. The van der Waals surface area contributed by atoms with Gasteiger partial charge in [0.1, 0.15) is 0 Å². The molecule has 2 aromatic rings. The third kappa shape index (κ3) is 3.75. The van der Waals surface area contributed by atoms with Crippen LogP contribution in [0.1, 0.15) is 48.9 Å².